The molecule has 8 heteroatoms. The molecule has 1 atom stereocenters. The minimum absolute atomic E-state index is 0.176. The molecule has 1 aromatic carbocycles. The predicted molar refractivity (Wildman–Crippen MR) is 96.1 cm³/mol. The molecule has 3 rings (SSSR count). The van der Waals surface area contributed by atoms with Crippen LogP contribution in [0.4, 0.5) is 5.69 Å². The summed E-state index contributed by atoms with van der Waals surface area (Å²) in [7, 11) is -2.04. The number of thiophene rings is 1. The van der Waals surface area contributed by atoms with E-state index in [1.54, 1.807) is 13.1 Å². The Kier molecular flexibility index (Phi) is 4.96. The third kappa shape index (κ3) is 3.21. The van der Waals surface area contributed by atoms with E-state index < -0.39 is 16.1 Å². The van der Waals surface area contributed by atoms with Crippen LogP contribution in [0.3, 0.4) is 0 Å². The van der Waals surface area contributed by atoms with Crippen molar-refractivity contribution in [3.63, 3.8) is 0 Å². The number of carbonyl (C=O) groups excluding carboxylic acids is 1. The number of nitrogens with zero attached hydrogens (tertiary/aromatic N) is 2. The quantitative estimate of drug-likeness (QED) is 0.813. The van der Waals surface area contributed by atoms with E-state index in [2.05, 4.69) is 0 Å². The van der Waals surface area contributed by atoms with Gasteiger partial charge in [0, 0.05) is 19.3 Å². The molecule has 1 saturated heterocycles. The van der Waals surface area contributed by atoms with E-state index in [1.165, 1.54) is 15.3 Å². The monoisotopic (exact) mass is 384 g/mol. The van der Waals surface area contributed by atoms with Crippen LogP contribution in [0, 0.1) is 0 Å². The van der Waals surface area contributed by atoms with E-state index in [0.29, 0.717) is 23.7 Å². The topological polar surface area (TPSA) is 57.7 Å². The van der Waals surface area contributed by atoms with Crippen LogP contribution < -0.4 is 4.90 Å². The molecule has 2 aromatic rings. The Morgan fingerprint density at radius 2 is 1.96 bits per heavy atom. The van der Waals surface area contributed by atoms with Crippen molar-refractivity contribution in [3.8, 4) is 0 Å². The third-order valence-electron chi connectivity index (χ3n) is 4.07. The Hall–Kier alpha value is -1.41. The highest BCUT2D eigenvalue weighted by molar-refractivity contribution is 7.91. The summed E-state index contributed by atoms with van der Waals surface area (Å²) in [6, 6.07) is 11.6. The lowest BCUT2D eigenvalue weighted by molar-refractivity contribution is -0.121. The summed E-state index contributed by atoms with van der Waals surface area (Å²) < 4.78 is 27.5. The molecule has 1 aromatic heterocycles. The Morgan fingerprint density at radius 3 is 2.58 bits per heavy atom. The number of rotatable bonds is 4. The summed E-state index contributed by atoms with van der Waals surface area (Å²) in [5, 5.41) is 0. The van der Waals surface area contributed by atoms with Gasteiger partial charge in [-0.25, -0.2) is 8.42 Å². The van der Waals surface area contributed by atoms with Crippen LogP contribution in [0.15, 0.2) is 46.7 Å². The lowest BCUT2D eigenvalue weighted by Gasteiger charge is -2.27. The summed E-state index contributed by atoms with van der Waals surface area (Å²) in [6.07, 6.45) is 1.19. The summed E-state index contributed by atoms with van der Waals surface area (Å²) in [4.78, 5) is 14.4. The van der Waals surface area contributed by atoms with Crippen LogP contribution in [-0.2, 0) is 14.8 Å². The van der Waals surface area contributed by atoms with Gasteiger partial charge < -0.3 is 4.90 Å². The Morgan fingerprint density at radius 1 is 1.25 bits per heavy atom. The number of hydrogen-bond donors (Lipinski definition) is 0. The molecule has 0 bridgehead atoms. The maximum atomic E-state index is 12.8. The second kappa shape index (κ2) is 6.84. The molecule has 1 fully saturated rings. The van der Waals surface area contributed by atoms with Gasteiger partial charge in [-0.15, -0.1) is 11.3 Å². The molecule has 0 saturated carbocycles. The zero-order valence-corrected chi connectivity index (χ0v) is 15.4. The predicted octanol–water partition coefficient (Wildman–Crippen LogP) is 3.22. The van der Waals surface area contributed by atoms with Crippen LogP contribution in [0.2, 0.25) is 4.34 Å². The van der Waals surface area contributed by atoms with Crippen molar-refractivity contribution in [2.75, 3.05) is 18.5 Å². The van der Waals surface area contributed by atoms with E-state index in [9.17, 15) is 13.2 Å². The van der Waals surface area contributed by atoms with Gasteiger partial charge in [0.1, 0.15) is 10.3 Å². The number of hydrogen-bond acceptors (Lipinski definition) is 4. The Labute approximate surface area is 150 Å². The Bertz CT molecular complexity index is 836. The van der Waals surface area contributed by atoms with Crippen molar-refractivity contribution in [1.29, 1.82) is 0 Å². The summed E-state index contributed by atoms with van der Waals surface area (Å²) >= 11 is 6.87. The Balaban J connectivity index is 1.87. The zero-order valence-electron chi connectivity index (χ0n) is 13.1. The summed E-state index contributed by atoms with van der Waals surface area (Å²) in [6.45, 7) is 0.344. The fourth-order valence-electron chi connectivity index (χ4n) is 2.83. The average molecular weight is 385 g/mol. The van der Waals surface area contributed by atoms with Crippen LogP contribution in [0.5, 0.6) is 0 Å². The van der Waals surface area contributed by atoms with Crippen LogP contribution in [0.1, 0.15) is 12.8 Å². The van der Waals surface area contributed by atoms with Crippen molar-refractivity contribution in [3.05, 3.63) is 46.8 Å². The zero-order chi connectivity index (χ0) is 17.3. The van der Waals surface area contributed by atoms with Crippen LogP contribution in [0.25, 0.3) is 0 Å². The first-order chi connectivity index (χ1) is 11.4. The molecule has 0 spiro atoms. The number of sulfonamides is 1. The van der Waals surface area contributed by atoms with Crippen LogP contribution >= 0.6 is 22.9 Å². The van der Waals surface area contributed by atoms with E-state index in [-0.39, 0.29) is 10.1 Å². The van der Waals surface area contributed by atoms with Crippen molar-refractivity contribution in [2.24, 2.45) is 0 Å². The molecule has 1 amide bonds. The maximum Gasteiger partial charge on any atom is 0.253 e. The van der Waals surface area contributed by atoms with E-state index in [4.69, 9.17) is 11.6 Å². The molecule has 0 aliphatic carbocycles. The van der Waals surface area contributed by atoms with Gasteiger partial charge in [-0.2, -0.15) is 4.31 Å². The first kappa shape index (κ1) is 17.4. The first-order valence-electron chi connectivity index (χ1n) is 7.51. The largest absolute Gasteiger partial charge is 0.314 e. The first-order valence-corrected chi connectivity index (χ1v) is 10.1. The highest BCUT2D eigenvalue weighted by atomic mass is 35.5. The molecule has 2 heterocycles. The highest BCUT2D eigenvalue weighted by Gasteiger charge is 2.41. The molecule has 0 radical (unpaired) electrons. The maximum absolute atomic E-state index is 12.8. The standard InChI is InChI=1S/C16H17ClN2O3S2/c1-18(12-6-3-2-4-7-12)16(20)13-8-5-11-19(13)24(21,22)15-10-9-14(17)23-15/h2-4,6-7,9-10,13H,5,8,11H2,1H3/t13-/m0/s1. The number of para-hydroxylation sites is 1. The number of likely N-dealkylation sites (N-methyl/N-ethyl adjacent to an activating group) is 1. The molecule has 0 N–H and O–H groups in total. The lowest BCUT2D eigenvalue weighted by atomic mass is 10.2. The van der Waals surface area contributed by atoms with Gasteiger partial charge in [0.25, 0.3) is 10.0 Å². The molecule has 1 aliphatic heterocycles. The van der Waals surface area contributed by atoms with Crippen LogP contribution in [-0.4, -0.2) is 38.3 Å². The van der Waals surface area contributed by atoms with Gasteiger partial charge in [0.2, 0.25) is 5.91 Å². The molecular formula is C16H17ClN2O3S2. The molecule has 1 aliphatic rings. The number of carbonyl (C=O) groups is 1. The van der Waals surface area contributed by atoms with Crippen molar-refractivity contribution < 1.29 is 13.2 Å². The molecular weight excluding hydrogens is 368 g/mol. The normalized spacial score (nSPS) is 18.7. The SMILES string of the molecule is CN(C(=O)[C@@H]1CCCN1S(=O)(=O)c1ccc(Cl)s1)c1ccccc1. The minimum atomic E-state index is -3.71. The third-order valence-corrected chi connectivity index (χ3v) is 7.68. The molecule has 128 valence electrons. The molecule has 0 unspecified atom stereocenters. The van der Waals surface area contributed by atoms with E-state index >= 15 is 0 Å². The molecule has 24 heavy (non-hydrogen) atoms. The summed E-state index contributed by atoms with van der Waals surface area (Å²) in [5.74, 6) is -0.218. The number of anilines is 1. The number of halogens is 1. The van der Waals surface area contributed by atoms with Gasteiger partial charge in [-0.1, -0.05) is 29.8 Å². The highest BCUT2D eigenvalue weighted by Crippen LogP contribution is 2.33. The molecule has 5 nitrogen and oxygen atoms in total. The minimum Gasteiger partial charge on any atom is -0.314 e. The second-order valence-electron chi connectivity index (χ2n) is 5.57. The van der Waals surface area contributed by atoms with Gasteiger partial charge in [0.05, 0.1) is 4.34 Å². The lowest BCUT2D eigenvalue weighted by Crippen LogP contribution is -2.46. The fourth-order valence-corrected chi connectivity index (χ4v) is 6.09. The van der Waals surface area contributed by atoms with Crippen molar-refractivity contribution in [2.45, 2.75) is 23.1 Å². The fraction of sp³-hybridized carbons (Fsp3) is 0.312. The second-order valence-corrected chi connectivity index (χ2v) is 9.40. The smallest absolute Gasteiger partial charge is 0.253 e. The van der Waals surface area contributed by atoms with Crippen molar-refractivity contribution >= 4 is 44.6 Å². The van der Waals surface area contributed by atoms with Gasteiger partial charge >= 0.3 is 0 Å². The summed E-state index contributed by atoms with van der Waals surface area (Å²) in [5.41, 5.74) is 0.742. The van der Waals surface area contributed by atoms with E-state index in [0.717, 1.165) is 17.0 Å². The van der Waals surface area contributed by atoms with E-state index in [1.807, 2.05) is 30.3 Å². The van der Waals surface area contributed by atoms with Gasteiger partial charge in [-0.05, 0) is 37.1 Å². The van der Waals surface area contributed by atoms with Crippen molar-refractivity contribution in [1.82, 2.24) is 4.31 Å². The number of benzene rings is 1. The van der Waals surface area contributed by atoms with Gasteiger partial charge in [-0.3, -0.25) is 4.79 Å². The average Bonchev–Trinajstić information content (AvgIpc) is 3.23. The van der Waals surface area contributed by atoms with Gasteiger partial charge in [0.15, 0.2) is 0 Å². The number of amides is 1.